The number of halogens is 2. The van der Waals surface area contributed by atoms with Gasteiger partial charge in [-0.1, -0.05) is 29.3 Å². The van der Waals surface area contributed by atoms with Gasteiger partial charge < -0.3 is 4.42 Å². The van der Waals surface area contributed by atoms with Gasteiger partial charge in [-0.2, -0.15) is 14.9 Å². The van der Waals surface area contributed by atoms with E-state index in [1.165, 1.54) is 6.21 Å². The Kier molecular flexibility index (Phi) is 4.66. The lowest BCUT2D eigenvalue weighted by Crippen LogP contribution is -2.22. The van der Waals surface area contributed by atoms with Gasteiger partial charge in [-0.3, -0.25) is 9.89 Å². The molecule has 0 aliphatic heterocycles. The first-order valence-corrected chi connectivity index (χ1v) is 7.90. The molecule has 9 heteroatoms. The van der Waals surface area contributed by atoms with Crippen molar-refractivity contribution >= 4 is 41.6 Å². The van der Waals surface area contributed by atoms with Gasteiger partial charge in [-0.15, -0.1) is 0 Å². The zero-order valence-electron chi connectivity index (χ0n) is 12.3. The van der Waals surface area contributed by atoms with Crippen LogP contribution in [0.3, 0.4) is 0 Å². The highest BCUT2D eigenvalue weighted by molar-refractivity contribution is 7.71. The molecule has 122 valence electrons. The second-order valence-corrected chi connectivity index (χ2v) is 5.95. The van der Waals surface area contributed by atoms with Crippen molar-refractivity contribution in [1.29, 1.82) is 0 Å². The average molecular weight is 381 g/mol. The molecule has 0 aliphatic carbocycles. The van der Waals surface area contributed by atoms with Crippen molar-refractivity contribution in [3.63, 3.8) is 0 Å². The van der Waals surface area contributed by atoms with Crippen LogP contribution >= 0.6 is 35.4 Å². The zero-order valence-corrected chi connectivity index (χ0v) is 14.6. The maximum Gasteiger partial charge on any atom is 0.296 e. The Labute approximate surface area is 151 Å². The normalized spacial score (nSPS) is 11.3. The Hall–Kier alpha value is -2.22. The maximum atomic E-state index is 12.0. The summed E-state index contributed by atoms with van der Waals surface area (Å²) in [7, 11) is 0. The van der Waals surface area contributed by atoms with Crippen molar-refractivity contribution in [3.8, 4) is 11.3 Å². The van der Waals surface area contributed by atoms with Crippen molar-refractivity contribution in [1.82, 2.24) is 14.9 Å². The number of nitrogens with one attached hydrogen (secondary N) is 1. The van der Waals surface area contributed by atoms with E-state index in [4.69, 9.17) is 39.8 Å². The van der Waals surface area contributed by atoms with Gasteiger partial charge in [0.15, 0.2) is 0 Å². The largest absolute Gasteiger partial charge is 0.455 e. The van der Waals surface area contributed by atoms with E-state index in [9.17, 15) is 4.79 Å². The second kappa shape index (κ2) is 6.72. The van der Waals surface area contributed by atoms with E-state index in [-0.39, 0.29) is 10.5 Å². The molecule has 0 aliphatic rings. The van der Waals surface area contributed by atoms with Crippen molar-refractivity contribution < 1.29 is 4.42 Å². The third-order valence-corrected chi connectivity index (χ3v) is 4.24. The number of rotatable bonds is 3. The number of aromatic amines is 1. The lowest BCUT2D eigenvalue weighted by Gasteiger charge is -2.02. The van der Waals surface area contributed by atoms with E-state index in [1.807, 2.05) is 0 Å². The third-order valence-electron chi connectivity index (χ3n) is 3.16. The van der Waals surface area contributed by atoms with Crippen LogP contribution in [0.5, 0.6) is 0 Å². The van der Waals surface area contributed by atoms with Gasteiger partial charge in [-0.05, 0) is 43.4 Å². The highest BCUT2D eigenvalue weighted by atomic mass is 35.5. The molecule has 24 heavy (non-hydrogen) atoms. The number of hydrogen-bond acceptors (Lipinski definition) is 5. The number of hydrogen-bond donors (Lipinski definition) is 1. The lowest BCUT2D eigenvalue weighted by atomic mass is 10.2. The van der Waals surface area contributed by atoms with Crippen molar-refractivity contribution in [3.05, 3.63) is 67.0 Å². The van der Waals surface area contributed by atoms with Crippen molar-refractivity contribution in [2.24, 2.45) is 5.10 Å². The fourth-order valence-electron chi connectivity index (χ4n) is 1.95. The molecule has 0 bridgehead atoms. The highest BCUT2D eigenvalue weighted by Crippen LogP contribution is 2.34. The summed E-state index contributed by atoms with van der Waals surface area (Å²) in [6, 6.07) is 8.69. The minimum atomic E-state index is -0.403. The molecule has 0 saturated heterocycles. The number of furan rings is 1. The van der Waals surface area contributed by atoms with Gasteiger partial charge in [-0.25, -0.2) is 0 Å². The molecule has 0 fully saturated rings. The standard InChI is InChI=1S/C15H10Cl2N4O2S/c1-8-14(22)21(15(24)20-19-8)18-7-9-5-6-12(23-9)10-3-2-4-11(16)13(10)17/h2-7H,1H3,(H,20,24)/b18-7-. The lowest BCUT2D eigenvalue weighted by molar-refractivity contribution is 0.573. The van der Waals surface area contributed by atoms with Crippen LogP contribution in [0.2, 0.25) is 10.0 Å². The van der Waals surface area contributed by atoms with Crippen LogP contribution in [0, 0.1) is 11.7 Å². The van der Waals surface area contributed by atoms with Crippen LogP contribution in [0.1, 0.15) is 11.5 Å². The zero-order chi connectivity index (χ0) is 17.3. The summed E-state index contributed by atoms with van der Waals surface area (Å²) in [4.78, 5) is 12.0. The number of aromatic nitrogens is 3. The quantitative estimate of drug-likeness (QED) is 0.548. The Bertz CT molecular complexity index is 1050. The second-order valence-electron chi connectivity index (χ2n) is 4.78. The number of benzene rings is 1. The highest BCUT2D eigenvalue weighted by Gasteiger charge is 2.10. The SMILES string of the molecule is Cc1n[nH]c(=S)n(/N=C\c2ccc(-c3cccc(Cl)c3Cl)o2)c1=O. The van der Waals surface area contributed by atoms with Crippen LogP contribution in [0.15, 0.2) is 44.6 Å². The summed E-state index contributed by atoms with van der Waals surface area (Å²) in [5.41, 5.74) is 0.518. The first-order valence-electron chi connectivity index (χ1n) is 6.74. The molecule has 0 saturated carbocycles. The van der Waals surface area contributed by atoms with Gasteiger partial charge in [0, 0.05) is 5.56 Å². The predicted molar refractivity (Wildman–Crippen MR) is 95.6 cm³/mol. The molecule has 6 nitrogen and oxygen atoms in total. The molecule has 2 heterocycles. The van der Waals surface area contributed by atoms with E-state index < -0.39 is 5.56 Å². The van der Waals surface area contributed by atoms with Gasteiger partial charge in [0.2, 0.25) is 4.77 Å². The van der Waals surface area contributed by atoms with Gasteiger partial charge in [0.1, 0.15) is 17.2 Å². The van der Waals surface area contributed by atoms with Crippen molar-refractivity contribution in [2.45, 2.75) is 6.92 Å². The molecule has 3 rings (SSSR count). The third kappa shape index (κ3) is 3.19. The minimum absolute atomic E-state index is 0.0894. The Morgan fingerprint density at radius 2 is 2.12 bits per heavy atom. The van der Waals surface area contributed by atoms with Crippen LogP contribution in [0.4, 0.5) is 0 Å². The van der Waals surface area contributed by atoms with Crippen LogP contribution in [-0.2, 0) is 0 Å². The molecule has 1 N–H and O–H groups in total. The van der Waals surface area contributed by atoms with E-state index >= 15 is 0 Å². The molecule has 1 aromatic carbocycles. The molecular formula is C15H10Cl2N4O2S. The van der Waals surface area contributed by atoms with E-state index in [0.29, 0.717) is 27.1 Å². The summed E-state index contributed by atoms with van der Waals surface area (Å²) in [5, 5.41) is 11.2. The first kappa shape index (κ1) is 16.6. The summed E-state index contributed by atoms with van der Waals surface area (Å²) >= 11 is 17.2. The molecule has 3 aromatic rings. The Morgan fingerprint density at radius 1 is 1.33 bits per heavy atom. The molecule has 2 aromatic heterocycles. The summed E-state index contributed by atoms with van der Waals surface area (Å²) < 4.78 is 6.79. The minimum Gasteiger partial charge on any atom is -0.455 e. The fourth-order valence-corrected chi connectivity index (χ4v) is 2.52. The number of H-pyrrole nitrogens is 1. The smallest absolute Gasteiger partial charge is 0.296 e. The summed E-state index contributed by atoms with van der Waals surface area (Å²) in [6.45, 7) is 1.56. The topological polar surface area (TPSA) is 76.2 Å². The van der Waals surface area contributed by atoms with Gasteiger partial charge >= 0.3 is 0 Å². The van der Waals surface area contributed by atoms with Gasteiger partial charge in [0.05, 0.1) is 16.3 Å². The van der Waals surface area contributed by atoms with Crippen molar-refractivity contribution in [2.75, 3.05) is 0 Å². The number of aryl methyl sites for hydroxylation is 1. The maximum absolute atomic E-state index is 12.0. The molecule has 0 spiro atoms. The fraction of sp³-hybridized carbons (Fsp3) is 0.0667. The molecular weight excluding hydrogens is 371 g/mol. The number of nitrogens with zero attached hydrogens (tertiary/aromatic N) is 3. The van der Waals surface area contributed by atoms with E-state index in [0.717, 1.165) is 4.68 Å². The monoisotopic (exact) mass is 380 g/mol. The molecule has 0 radical (unpaired) electrons. The van der Waals surface area contributed by atoms with Crippen LogP contribution in [0.25, 0.3) is 11.3 Å². The molecule has 0 amide bonds. The van der Waals surface area contributed by atoms with Gasteiger partial charge in [0.25, 0.3) is 5.56 Å². The molecule has 0 unspecified atom stereocenters. The predicted octanol–water partition coefficient (Wildman–Crippen LogP) is 4.06. The van der Waals surface area contributed by atoms with Crippen LogP contribution in [-0.4, -0.2) is 21.1 Å². The Morgan fingerprint density at radius 3 is 2.92 bits per heavy atom. The first-order chi connectivity index (χ1) is 11.5. The molecule has 0 atom stereocenters. The van der Waals surface area contributed by atoms with E-state index in [2.05, 4.69) is 15.3 Å². The van der Waals surface area contributed by atoms with Crippen LogP contribution < -0.4 is 5.56 Å². The average Bonchev–Trinajstić information content (AvgIpc) is 3.02. The Balaban J connectivity index is 1.95. The summed E-state index contributed by atoms with van der Waals surface area (Å²) in [6.07, 6.45) is 1.38. The van der Waals surface area contributed by atoms with E-state index in [1.54, 1.807) is 37.3 Å². The summed E-state index contributed by atoms with van der Waals surface area (Å²) in [5.74, 6) is 0.962.